The van der Waals surface area contributed by atoms with Gasteiger partial charge in [-0.05, 0) is 51.3 Å². The topological polar surface area (TPSA) is 71.5 Å². The van der Waals surface area contributed by atoms with Crippen molar-refractivity contribution in [3.63, 3.8) is 0 Å². The number of amides is 1. The Labute approximate surface area is 120 Å². The number of nitrogens with zero attached hydrogens (tertiary/aromatic N) is 1. The Kier molecular flexibility index (Phi) is 5.95. The monoisotopic (exact) mass is 280 g/mol. The number of alkyl carbamates (subject to hydrolysis) is 1. The molecule has 0 bridgehead atoms. The summed E-state index contributed by atoms with van der Waals surface area (Å²) in [4.78, 5) is 15.8. The van der Waals surface area contributed by atoms with Gasteiger partial charge in [0.2, 0.25) is 0 Å². The molecule has 1 heterocycles. The van der Waals surface area contributed by atoms with E-state index in [9.17, 15) is 9.90 Å². The van der Waals surface area contributed by atoms with Crippen LogP contribution in [0.3, 0.4) is 0 Å². The molecule has 0 aliphatic carbocycles. The Balaban J connectivity index is 2.68. The summed E-state index contributed by atoms with van der Waals surface area (Å²) in [5.74, 6) is 0. The predicted molar refractivity (Wildman–Crippen MR) is 77.4 cm³/mol. The van der Waals surface area contributed by atoms with Gasteiger partial charge in [0.25, 0.3) is 0 Å². The van der Waals surface area contributed by atoms with E-state index in [1.165, 1.54) is 0 Å². The van der Waals surface area contributed by atoms with Crippen molar-refractivity contribution < 1.29 is 14.6 Å². The molecule has 1 aromatic heterocycles. The van der Waals surface area contributed by atoms with E-state index in [0.717, 1.165) is 5.56 Å². The van der Waals surface area contributed by atoms with E-state index < -0.39 is 17.8 Å². The van der Waals surface area contributed by atoms with E-state index in [0.29, 0.717) is 12.8 Å². The minimum Gasteiger partial charge on any atom is -0.444 e. The molecule has 0 fully saturated rings. The molecule has 20 heavy (non-hydrogen) atoms. The molecule has 1 aromatic rings. The number of hydrogen-bond donors (Lipinski definition) is 2. The minimum absolute atomic E-state index is 0.378. The highest BCUT2D eigenvalue weighted by molar-refractivity contribution is 5.68. The normalized spacial score (nSPS) is 14.4. The largest absolute Gasteiger partial charge is 0.444 e. The summed E-state index contributed by atoms with van der Waals surface area (Å²) in [6, 6.07) is 3.36. The van der Waals surface area contributed by atoms with Gasteiger partial charge in [0.05, 0.1) is 12.1 Å². The first-order valence-corrected chi connectivity index (χ1v) is 6.88. The van der Waals surface area contributed by atoms with E-state index in [2.05, 4.69) is 10.3 Å². The van der Waals surface area contributed by atoms with Crippen LogP contribution < -0.4 is 5.32 Å². The van der Waals surface area contributed by atoms with Crippen LogP contribution in [-0.2, 0) is 11.2 Å². The van der Waals surface area contributed by atoms with Crippen molar-refractivity contribution in [1.82, 2.24) is 10.3 Å². The van der Waals surface area contributed by atoms with E-state index >= 15 is 0 Å². The van der Waals surface area contributed by atoms with Crippen LogP contribution in [0.1, 0.15) is 39.7 Å². The third kappa shape index (κ3) is 6.02. The highest BCUT2D eigenvalue weighted by Gasteiger charge is 2.23. The van der Waals surface area contributed by atoms with Crippen molar-refractivity contribution in [2.45, 2.75) is 58.3 Å². The molecule has 1 amide bonds. The average Bonchev–Trinajstić information content (AvgIpc) is 2.36. The number of aromatic nitrogens is 1. The van der Waals surface area contributed by atoms with E-state index in [4.69, 9.17) is 4.74 Å². The lowest BCUT2D eigenvalue weighted by Gasteiger charge is -2.26. The first kappa shape index (κ1) is 16.4. The predicted octanol–water partition coefficient (Wildman–Crippen LogP) is 2.29. The maximum absolute atomic E-state index is 11.8. The lowest BCUT2D eigenvalue weighted by atomic mass is 10.0. The van der Waals surface area contributed by atoms with Crippen LogP contribution in [0.2, 0.25) is 0 Å². The highest BCUT2D eigenvalue weighted by Crippen LogP contribution is 2.11. The molecule has 0 radical (unpaired) electrons. The average molecular weight is 280 g/mol. The number of carbonyl (C=O) groups excluding carboxylic acids is 1. The zero-order valence-electron chi connectivity index (χ0n) is 12.6. The summed E-state index contributed by atoms with van der Waals surface area (Å²) in [7, 11) is 0. The number of ether oxygens (including phenoxy) is 1. The third-order valence-corrected chi connectivity index (χ3v) is 2.79. The van der Waals surface area contributed by atoms with Gasteiger partial charge in [-0.2, -0.15) is 0 Å². The molecule has 0 aliphatic heterocycles. The van der Waals surface area contributed by atoms with Gasteiger partial charge in [0, 0.05) is 12.4 Å². The van der Waals surface area contributed by atoms with Crippen molar-refractivity contribution in [1.29, 1.82) is 0 Å². The van der Waals surface area contributed by atoms with Crippen molar-refractivity contribution in [2.75, 3.05) is 0 Å². The smallest absolute Gasteiger partial charge is 0.407 e. The number of hydrogen-bond acceptors (Lipinski definition) is 4. The second-order valence-electron chi connectivity index (χ2n) is 5.79. The van der Waals surface area contributed by atoms with Crippen molar-refractivity contribution >= 4 is 6.09 Å². The van der Waals surface area contributed by atoms with Crippen LogP contribution in [-0.4, -0.2) is 33.9 Å². The fraction of sp³-hybridized carbons (Fsp3) is 0.600. The second-order valence-corrected chi connectivity index (χ2v) is 5.79. The van der Waals surface area contributed by atoms with Gasteiger partial charge in [-0.1, -0.05) is 6.92 Å². The summed E-state index contributed by atoms with van der Waals surface area (Å²) >= 11 is 0. The Morgan fingerprint density at radius 2 is 2.00 bits per heavy atom. The fourth-order valence-electron chi connectivity index (χ4n) is 1.80. The first-order chi connectivity index (χ1) is 9.31. The summed E-state index contributed by atoms with van der Waals surface area (Å²) in [5, 5.41) is 12.8. The van der Waals surface area contributed by atoms with E-state index in [1.807, 2.05) is 19.1 Å². The standard InChI is InChI=1S/C15H24N2O3/c1-5-13(18)12(10-11-6-8-16-9-7-11)17-14(19)20-15(2,3)4/h6-9,12-13,18H,5,10H2,1-4H3,(H,17,19)/t12-,13+/m1/s1. The molecule has 112 valence electrons. The van der Waals surface area contributed by atoms with Crippen LogP contribution in [0.15, 0.2) is 24.5 Å². The van der Waals surface area contributed by atoms with E-state index in [-0.39, 0.29) is 6.04 Å². The van der Waals surface area contributed by atoms with Crippen LogP contribution >= 0.6 is 0 Å². The number of pyridine rings is 1. The third-order valence-electron chi connectivity index (χ3n) is 2.79. The van der Waals surface area contributed by atoms with Crippen LogP contribution in [0.4, 0.5) is 4.79 Å². The van der Waals surface area contributed by atoms with Crippen LogP contribution in [0.25, 0.3) is 0 Å². The molecule has 2 atom stereocenters. The van der Waals surface area contributed by atoms with Gasteiger partial charge in [0.15, 0.2) is 0 Å². The number of nitrogens with one attached hydrogen (secondary N) is 1. The molecule has 1 rings (SSSR count). The lowest BCUT2D eigenvalue weighted by Crippen LogP contribution is -2.46. The molecule has 0 saturated heterocycles. The number of rotatable bonds is 5. The number of aliphatic hydroxyl groups excluding tert-OH is 1. The molecule has 5 heteroatoms. The molecule has 0 saturated carbocycles. The van der Waals surface area contributed by atoms with Gasteiger partial charge in [-0.3, -0.25) is 4.98 Å². The van der Waals surface area contributed by atoms with E-state index in [1.54, 1.807) is 33.2 Å². The summed E-state index contributed by atoms with van der Waals surface area (Å²) in [6.45, 7) is 7.29. The quantitative estimate of drug-likeness (QED) is 0.868. The Bertz CT molecular complexity index is 415. The Morgan fingerprint density at radius 1 is 1.40 bits per heavy atom. The number of carbonyl (C=O) groups is 1. The van der Waals surface area contributed by atoms with Crippen LogP contribution in [0.5, 0.6) is 0 Å². The summed E-state index contributed by atoms with van der Waals surface area (Å²) in [6.07, 6.45) is 3.36. The maximum atomic E-state index is 11.8. The van der Waals surface area contributed by atoms with Gasteiger partial charge in [0.1, 0.15) is 5.60 Å². The molecule has 5 nitrogen and oxygen atoms in total. The highest BCUT2D eigenvalue weighted by atomic mass is 16.6. The Morgan fingerprint density at radius 3 is 2.50 bits per heavy atom. The summed E-state index contributed by atoms with van der Waals surface area (Å²) in [5.41, 5.74) is 0.455. The fourth-order valence-corrected chi connectivity index (χ4v) is 1.80. The van der Waals surface area contributed by atoms with Gasteiger partial charge in [-0.25, -0.2) is 4.79 Å². The van der Waals surface area contributed by atoms with Crippen molar-refractivity contribution in [3.05, 3.63) is 30.1 Å². The molecule has 0 aromatic carbocycles. The van der Waals surface area contributed by atoms with Crippen LogP contribution in [0, 0.1) is 0 Å². The molecule has 0 aliphatic rings. The molecular formula is C15H24N2O3. The zero-order valence-corrected chi connectivity index (χ0v) is 12.6. The SMILES string of the molecule is CC[C@H](O)[C@@H](Cc1ccncc1)NC(=O)OC(C)(C)C. The second kappa shape index (κ2) is 7.24. The molecule has 0 unspecified atom stereocenters. The summed E-state index contributed by atoms with van der Waals surface area (Å²) < 4.78 is 5.23. The van der Waals surface area contributed by atoms with Crippen molar-refractivity contribution in [2.24, 2.45) is 0 Å². The lowest BCUT2D eigenvalue weighted by molar-refractivity contribution is 0.0419. The van der Waals surface area contributed by atoms with Gasteiger partial charge < -0.3 is 15.2 Å². The zero-order chi connectivity index (χ0) is 15.2. The van der Waals surface area contributed by atoms with Gasteiger partial charge in [-0.15, -0.1) is 0 Å². The molecule has 2 N–H and O–H groups in total. The number of aliphatic hydroxyl groups is 1. The Hall–Kier alpha value is -1.62. The maximum Gasteiger partial charge on any atom is 0.407 e. The van der Waals surface area contributed by atoms with Crippen molar-refractivity contribution in [3.8, 4) is 0 Å². The minimum atomic E-state index is -0.615. The first-order valence-electron chi connectivity index (χ1n) is 6.88. The van der Waals surface area contributed by atoms with Gasteiger partial charge >= 0.3 is 6.09 Å². The molecule has 0 spiro atoms. The molecular weight excluding hydrogens is 256 g/mol.